The van der Waals surface area contributed by atoms with Gasteiger partial charge >= 0.3 is 6.09 Å². The highest BCUT2D eigenvalue weighted by Gasteiger charge is 2.26. The Morgan fingerprint density at radius 3 is 2.72 bits per heavy atom. The van der Waals surface area contributed by atoms with E-state index in [4.69, 9.17) is 9.73 Å². The van der Waals surface area contributed by atoms with Crippen molar-refractivity contribution in [3.63, 3.8) is 0 Å². The van der Waals surface area contributed by atoms with Gasteiger partial charge in [-0.25, -0.2) is 4.79 Å². The molecule has 0 aliphatic carbocycles. The molecule has 2 aliphatic heterocycles. The highest BCUT2D eigenvalue weighted by molar-refractivity contribution is 6.21. The molecule has 2 heterocycles. The summed E-state index contributed by atoms with van der Waals surface area (Å²) in [6.45, 7) is 1.72. The molecule has 0 bridgehead atoms. The first-order chi connectivity index (χ1) is 12.3. The number of fused-ring (bicyclic) bond motifs is 2. The van der Waals surface area contributed by atoms with Gasteiger partial charge in [-0.15, -0.1) is 0 Å². The van der Waals surface area contributed by atoms with E-state index in [2.05, 4.69) is 48.5 Å². The van der Waals surface area contributed by atoms with Gasteiger partial charge in [0.25, 0.3) is 0 Å². The largest absolute Gasteiger partial charge is 0.447 e. The van der Waals surface area contributed by atoms with Crippen molar-refractivity contribution in [2.45, 2.75) is 6.54 Å². The summed E-state index contributed by atoms with van der Waals surface area (Å²) in [7, 11) is 0. The van der Waals surface area contributed by atoms with E-state index >= 15 is 0 Å². The number of hydrogen-bond donors (Lipinski definition) is 0. The summed E-state index contributed by atoms with van der Waals surface area (Å²) in [6.07, 6.45) is -0.276. The van der Waals surface area contributed by atoms with Gasteiger partial charge in [0.1, 0.15) is 6.61 Å². The number of carbonyl (C=O) groups excluding carboxylic acids is 1. The van der Waals surface area contributed by atoms with Crippen LogP contribution >= 0.6 is 0 Å². The van der Waals surface area contributed by atoms with Crippen molar-refractivity contribution in [2.75, 3.05) is 18.1 Å². The van der Waals surface area contributed by atoms with E-state index in [1.807, 2.05) is 12.1 Å². The molecular weight excluding hydrogens is 312 g/mol. The van der Waals surface area contributed by atoms with Gasteiger partial charge in [-0.3, -0.25) is 9.89 Å². The highest BCUT2D eigenvalue weighted by atomic mass is 16.6. The van der Waals surface area contributed by atoms with Gasteiger partial charge in [-0.1, -0.05) is 48.5 Å². The van der Waals surface area contributed by atoms with E-state index in [0.29, 0.717) is 19.7 Å². The van der Waals surface area contributed by atoms with Gasteiger partial charge in [-0.05, 0) is 28.5 Å². The molecule has 1 saturated heterocycles. The van der Waals surface area contributed by atoms with Gasteiger partial charge in [0, 0.05) is 16.8 Å². The first-order valence-electron chi connectivity index (χ1n) is 8.41. The summed E-state index contributed by atoms with van der Waals surface area (Å²) in [5, 5.41) is 2.40. The number of carbonyl (C=O) groups is 1. The molecule has 0 unspecified atom stereocenters. The topological polar surface area (TPSA) is 41.9 Å². The quantitative estimate of drug-likeness (QED) is 0.709. The van der Waals surface area contributed by atoms with Crippen molar-refractivity contribution >= 4 is 28.3 Å². The molecule has 0 aromatic heterocycles. The maximum absolute atomic E-state index is 11.9. The number of nitrogens with zero attached hydrogens (tertiary/aromatic N) is 2. The SMILES string of the molecule is O=C1OCCN1c1ccc2c(c1)C(c1cccc3ccccc13)=NC2. The number of anilines is 1. The summed E-state index contributed by atoms with van der Waals surface area (Å²) >= 11 is 0. The average Bonchev–Trinajstić information content (AvgIpc) is 3.26. The minimum absolute atomic E-state index is 0.276. The standard InChI is InChI=1S/C21H16N2O2/c24-21-23(10-11-25-21)16-9-8-15-13-22-20(19(15)12-16)18-7-3-5-14-4-1-2-6-17(14)18/h1-9,12H,10-11,13H2. The molecular formula is C21H16N2O2. The first kappa shape index (κ1) is 14.2. The number of rotatable bonds is 2. The normalized spacial score (nSPS) is 16.1. The third-order valence-electron chi connectivity index (χ3n) is 4.87. The monoisotopic (exact) mass is 328 g/mol. The van der Waals surface area contributed by atoms with Crippen molar-refractivity contribution in [2.24, 2.45) is 4.99 Å². The van der Waals surface area contributed by atoms with E-state index in [0.717, 1.165) is 22.5 Å². The second kappa shape index (κ2) is 5.45. The fourth-order valence-electron chi connectivity index (χ4n) is 3.63. The lowest BCUT2D eigenvalue weighted by Crippen LogP contribution is -2.23. The van der Waals surface area contributed by atoms with Crippen molar-refractivity contribution in [3.05, 3.63) is 77.4 Å². The van der Waals surface area contributed by atoms with Crippen molar-refractivity contribution in [3.8, 4) is 0 Å². The summed E-state index contributed by atoms with van der Waals surface area (Å²) in [6, 6.07) is 20.8. The van der Waals surface area contributed by atoms with Crippen LogP contribution in [-0.2, 0) is 11.3 Å². The molecule has 122 valence electrons. The second-order valence-corrected chi connectivity index (χ2v) is 6.30. The Morgan fingerprint density at radius 1 is 0.960 bits per heavy atom. The molecule has 0 saturated carbocycles. The van der Waals surface area contributed by atoms with Crippen molar-refractivity contribution < 1.29 is 9.53 Å². The molecule has 0 atom stereocenters. The Kier molecular flexibility index (Phi) is 3.10. The maximum Gasteiger partial charge on any atom is 0.414 e. The molecule has 0 N–H and O–H groups in total. The van der Waals surface area contributed by atoms with Crippen LogP contribution in [0.4, 0.5) is 10.5 Å². The molecule has 0 spiro atoms. The van der Waals surface area contributed by atoms with Crippen LogP contribution in [0.3, 0.4) is 0 Å². The third kappa shape index (κ3) is 2.22. The number of benzene rings is 3. The number of hydrogen-bond acceptors (Lipinski definition) is 3. The van der Waals surface area contributed by atoms with Gasteiger partial charge < -0.3 is 4.74 Å². The summed E-state index contributed by atoms with van der Waals surface area (Å²) < 4.78 is 5.07. The Balaban J connectivity index is 1.63. The average molecular weight is 328 g/mol. The minimum Gasteiger partial charge on any atom is -0.447 e. The molecule has 25 heavy (non-hydrogen) atoms. The van der Waals surface area contributed by atoms with Gasteiger partial charge in [0.2, 0.25) is 0 Å². The molecule has 4 heteroatoms. The van der Waals surface area contributed by atoms with Gasteiger partial charge in [-0.2, -0.15) is 0 Å². The van der Waals surface area contributed by atoms with Crippen LogP contribution in [-0.4, -0.2) is 25.0 Å². The Morgan fingerprint density at radius 2 is 1.84 bits per heavy atom. The zero-order chi connectivity index (χ0) is 16.8. The van der Waals surface area contributed by atoms with Gasteiger partial charge in [0.15, 0.2) is 0 Å². The second-order valence-electron chi connectivity index (χ2n) is 6.30. The van der Waals surface area contributed by atoms with E-state index in [9.17, 15) is 4.79 Å². The highest BCUT2D eigenvalue weighted by Crippen LogP contribution is 2.31. The number of ether oxygens (including phenoxy) is 1. The summed E-state index contributed by atoms with van der Waals surface area (Å²) in [5.41, 5.74) is 5.31. The minimum atomic E-state index is -0.276. The molecule has 2 aliphatic rings. The molecule has 5 rings (SSSR count). The van der Waals surface area contributed by atoms with E-state index in [1.165, 1.54) is 16.3 Å². The Labute approximate surface area is 145 Å². The molecule has 1 amide bonds. The predicted molar refractivity (Wildman–Crippen MR) is 98.4 cm³/mol. The number of amides is 1. The van der Waals surface area contributed by atoms with Crippen LogP contribution in [0.25, 0.3) is 10.8 Å². The summed E-state index contributed by atoms with van der Waals surface area (Å²) in [5.74, 6) is 0. The molecule has 1 fully saturated rings. The summed E-state index contributed by atoms with van der Waals surface area (Å²) in [4.78, 5) is 18.3. The van der Waals surface area contributed by atoms with Crippen LogP contribution in [0, 0.1) is 0 Å². The third-order valence-corrected chi connectivity index (χ3v) is 4.87. The molecule has 3 aromatic carbocycles. The lowest BCUT2D eigenvalue weighted by molar-refractivity contribution is 0.181. The van der Waals surface area contributed by atoms with Crippen LogP contribution in [0.1, 0.15) is 16.7 Å². The predicted octanol–water partition coefficient (Wildman–Crippen LogP) is 4.15. The fraction of sp³-hybridized carbons (Fsp3) is 0.143. The number of aliphatic imine (C=N–C) groups is 1. The molecule has 4 nitrogen and oxygen atoms in total. The van der Waals surface area contributed by atoms with Gasteiger partial charge in [0.05, 0.1) is 18.8 Å². The lowest BCUT2D eigenvalue weighted by atomic mass is 9.95. The van der Waals surface area contributed by atoms with Crippen LogP contribution in [0.2, 0.25) is 0 Å². The molecule has 0 radical (unpaired) electrons. The van der Waals surface area contributed by atoms with Crippen LogP contribution in [0.5, 0.6) is 0 Å². The Bertz CT molecular complexity index is 1030. The van der Waals surface area contributed by atoms with Crippen molar-refractivity contribution in [1.82, 2.24) is 0 Å². The molecule has 3 aromatic rings. The number of cyclic esters (lactones) is 1. The fourth-order valence-corrected chi connectivity index (χ4v) is 3.63. The van der Waals surface area contributed by atoms with Crippen molar-refractivity contribution in [1.29, 1.82) is 0 Å². The maximum atomic E-state index is 11.9. The van der Waals surface area contributed by atoms with Crippen LogP contribution < -0.4 is 4.90 Å². The first-order valence-corrected chi connectivity index (χ1v) is 8.41. The van der Waals surface area contributed by atoms with Crippen LogP contribution in [0.15, 0.2) is 65.7 Å². The zero-order valence-electron chi connectivity index (χ0n) is 13.6. The smallest absolute Gasteiger partial charge is 0.414 e. The van der Waals surface area contributed by atoms with E-state index < -0.39 is 0 Å². The zero-order valence-corrected chi connectivity index (χ0v) is 13.6. The Hall–Kier alpha value is -3.14. The van der Waals surface area contributed by atoms with E-state index in [-0.39, 0.29) is 6.09 Å². The lowest BCUT2D eigenvalue weighted by Gasteiger charge is -2.15. The van der Waals surface area contributed by atoms with E-state index in [1.54, 1.807) is 4.90 Å².